The van der Waals surface area contributed by atoms with Gasteiger partial charge in [-0.2, -0.15) is 0 Å². The number of hydrogen-bond donors (Lipinski definition) is 2. The highest BCUT2D eigenvalue weighted by Gasteiger charge is 2.33. The molecule has 0 bridgehead atoms. The third-order valence-electron chi connectivity index (χ3n) is 4.33. The molecule has 0 aliphatic heterocycles. The van der Waals surface area contributed by atoms with Gasteiger partial charge in [0.15, 0.2) is 0 Å². The molecule has 0 saturated carbocycles. The summed E-state index contributed by atoms with van der Waals surface area (Å²) in [6, 6.07) is 21.3. The van der Waals surface area contributed by atoms with Crippen molar-refractivity contribution in [1.82, 2.24) is 0 Å². The van der Waals surface area contributed by atoms with Crippen LogP contribution in [0.25, 0.3) is 0 Å². The van der Waals surface area contributed by atoms with Gasteiger partial charge in [0.1, 0.15) is 16.8 Å². The number of rotatable bonds is 9. The summed E-state index contributed by atoms with van der Waals surface area (Å²) in [5.41, 5.74) is 1.86. The van der Waals surface area contributed by atoms with Crippen LogP contribution in [0.5, 0.6) is 11.5 Å². The molecular formula is C22H23O6P. The second-order valence-corrected chi connectivity index (χ2v) is 8.32. The van der Waals surface area contributed by atoms with Gasteiger partial charge in [-0.25, -0.2) is 0 Å². The predicted molar refractivity (Wildman–Crippen MR) is 110 cm³/mol. The molecule has 0 aliphatic carbocycles. The SMILES string of the molecule is COc1cc(O)c(CO)cc1P(=O)(OCc1ccccc1)OCc1ccccc1. The lowest BCUT2D eigenvalue weighted by molar-refractivity contribution is 0.199. The first-order chi connectivity index (χ1) is 14.1. The van der Waals surface area contributed by atoms with Crippen LogP contribution >= 0.6 is 7.60 Å². The monoisotopic (exact) mass is 414 g/mol. The highest BCUT2D eigenvalue weighted by Crippen LogP contribution is 2.51. The van der Waals surface area contributed by atoms with Gasteiger partial charge in [-0.05, 0) is 17.2 Å². The normalized spacial score (nSPS) is 11.4. The van der Waals surface area contributed by atoms with E-state index in [-0.39, 0.29) is 35.6 Å². The molecule has 0 spiro atoms. The average Bonchev–Trinajstić information content (AvgIpc) is 2.77. The van der Waals surface area contributed by atoms with E-state index in [1.807, 2.05) is 60.7 Å². The number of benzene rings is 3. The number of aliphatic hydroxyl groups excluding tert-OH is 1. The molecule has 3 aromatic carbocycles. The maximum atomic E-state index is 13.8. The maximum Gasteiger partial charge on any atom is 0.365 e. The van der Waals surface area contributed by atoms with Crippen molar-refractivity contribution in [2.24, 2.45) is 0 Å². The van der Waals surface area contributed by atoms with Gasteiger partial charge in [0.25, 0.3) is 0 Å². The van der Waals surface area contributed by atoms with Gasteiger partial charge in [-0.1, -0.05) is 60.7 Å². The molecule has 0 unspecified atom stereocenters. The Hall–Kier alpha value is -2.63. The molecule has 0 radical (unpaired) electrons. The summed E-state index contributed by atoms with van der Waals surface area (Å²) in [6.45, 7) is -0.309. The summed E-state index contributed by atoms with van der Waals surface area (Å²) in [5, 5.41) is 19.7. The smallest absolute Gasteiger partial charge is 0.365 e. The number of methoxy groups -OCH3 is 1. The molecule has 0 aromatic heterocycles. The van der Waals surface area contributed by atoms with E-state index in [1.54, 1.807) is 0 Å². The lowest BCUT2D eigenvalue weighted by Gasteiger charge is -2.22. The van der Waals surface area contributed by atoms with Crippen LogP contribution < -0.4 is 10.0 Å². The number of ether oxygens (including phenoxy) is 1. The largest absolute Gasteiger partial charge is 0.507 e. The molecule has 6 nitrogen and oxygen atoms in total. The van der Waals surface area contributed by atoms with Crippen LogP contribution in [0.1, 0.15) is 16.7 Å². The summed E-state index contributed by atoms with van der Waals surface area (Å²) in [7, 11) is -2.47. The van der Waals surface area contributed by atoms with Gasteiger partial charge in [-0.3, -0.25) is 4.57 Å². The first kappa shape index (κ1) is 21.1. The Bertz CT molecular complexity index is 928. The minimum Gasteiger partial charge on any atom is -0.507 e. The van der Waals surface area contributed by atoms with Gasteiger partial charge in [-0.15, -0.1) is 0 Å². The van der Waals surface area contributed by atoms with Crippen molar-refractivity contribution in [3.05, 3.63) is 89.5 Å². The molecule has 0 saturated heterocycles. The summed E-state index contributed by atoms with van der Waals surface area (Å²) in [5.74, 6) is -0.00470. The van der Waals surface area contributed by atoms with Crippen molar-refractivity contribution in [2.45, 2.75) is 19.8 Å². The van der Waals surface area contributed by atoms with Crippen molar-refractivity contribution in [3.8, 4) is 11.5 Å². The van der Waals surface area contributed by atoms with Gasteiger partial charge in [0.05, 0.1) is 26.9 Å². The zero-order valence-electron chi connectivity index (χ0n) is 16.0. The Morgan fingerprint density at radius 1 is 0.862 bits per heavy atom. The molecule has 0 amide bonds. The Kier molecular flexibility index (Phi) is 7.07. The molecule has 2 N–H and O–H groups in total. The Labute approximate surface area is 169 Å². The minimum absolute atomic E-state index is 0.0609. The summed E-state index contributed by atoms with van der Waals surface area (Å²) < 4.78 is 30.7. The predicted octanol–water partition coefficient (Wildman–Crippen LogP) is 4.15. The van der Waals surface area contributed by atoms with Crippen LogP contribution in [0.3, 0.4) is 0 Å². The van der Waals surface area contributed by atoms with E-state index >= 15 is 0 Å². The van der Waals surface area contributed by atoms with Crippen LogP contribution in [-0.2, 0) is 33.4 Å². The molecular weight excluding hydrogens is 391 g/mol. The second kappa shape index (κ2) is 9.72. The fourth-order valence-electron chi connectivity index (χ4n) is 2.75. The van der Waals surface area contributed by atoms with Gasteiger partial charge in [0.2, 0.25) is 0 Å². The van der Waals surface area contributed by atoms with Crippen LogP contribution in [0.4, 0.5) is 0 Å². The number of hydrogen-bond acceptors (Lipinski definition) is 6. The van der Waals surface area contributed by atoms with Crippen molar-refractivity contribution in [3.63, 3.8) is 0 Å². The zero-order valence-corrected chi connectivity index (χ0v) is 16.9. The minimum atomic E-state index is -3.86. The van der Waals surface area contributed by atoms with Gasteiger partial charge >= 0.3 is 7.60 Å². The Morgan fingerprint density at radius 3 is 1.83 bits per heavy atom. The summed E-state index contributed by atoms with van der Waals surface area (Å²) in [6.07, 6.45) is 0. The lowest BCUT2D eigenvalue weighted by Crippen LogP contribution is -2.15. The second-order valence-electron chi connectivity index (χ2n) is 6.33. The molecule has 0 atom stereocenters. The molecule has 0 fully saturated rings. The molecule has 152 valence electrons. The Balaban J connectivity index is 1.96. The molecule has 0 heterocycles. The molecule has 29 heavy (non-hydrogen) atoms. The maximum absolute atomic E-state index is 13.8. The van der Waals surface area contributed by atoms with Crippen LogP contribution in [0.2, 0.25) is 0 Å². The van der Waals surface area contributed by atoms with E-state index < -0.39 is 14.2 Å². The van der Waals surface area contributed by atoms with E-state index in [1.165, 1.54) is 19.2 Å². The fraction of sp³-hybridized carbons (Fsp3) is 0.182. The molecule has 0 aliphatic rings. The van der Waals surface area contributed by atoms with Gasteiger partial charge in [0, 0.05) is 11.6 Å². The van der Waals surface area contributed by atoms with Gasteiger partial charge < -0.3 is 24.0 Å². The fourth-order valence-corrected chi connectivity index (χ4v) is 4.48. The first-order valence-electron chi connectivity index (χ1n) is 9.04. The third kappa shape index (κ3) is 5.25. The van der Waals surface area contributed by atoms with Crippen LogP contribution in [0.15, 0.2) is 72.8 Å². The highest BCUT2D eigenvalue weighted by molar-refractivity contribution is 7.62. The first-order valence-corrected chi connectivity index (χ1v) is 10.6. The molecule has 3 rings (SSSR count). The van der Waals surface area contributed by atoms with E-state index in [0.29, 0.717) is 0 Å². The van der Waals surface area contributed by atoms with E-state index in [4.69, 9.17) is 13.8 Å². The number of aromatic hydroxyl groups is 1. The van der Waals surface area contributed by atoms with Crippen molar-refractivity contribution in [1.29, 1.82) is 0 Å². The van der Waals surface area contributed by atoms with Crippen molar-refractivity contribution < 1.29 is 28.6 Å². The van der Waals surface area contributed by atoms with E-state index in [0.717, 1.165) is 11.1 Å². The quantitative estimate of drug-likeness (QED) is 0.512. The van der Waals surface area contributed by atoms with Crippen molar-refractivity contribution in [2.75, 3.05) is 7.11 Å². The summed E-state index contributed by atoms with van der Waals surface area (Å²) >= 11 is 0. The topological polar surface area (TPSA) is 85.2 Å². The zero-order chi connectivity index (χ0) is 20.7. The van der Waals surface area contributed by atoms with E-state index in [2.05, 4.69) is 0 Å². The number of aliphatic hydroxyl groups is 1. The third-order valence-corrected chi connectivity index (χ3v) is 6.21. The molecule has 3 aromatic rings. The Morgan fingerprint density at radius 2 is 1.38 bits per heavy atom. The van der Waals surface area contributed by atoms with Crippen LogP contribution in [-0.4, -0.2) is 17.3 Å². The highest BCUT2D eigenvalue weighted by atomic mass is 31.2. The standard InChI is InChI=1S/C22H23O6P/c1-26-21-13-20(24)19(14-23)12-22(21)29(25,27-15-17-8-4-2-5-9-17)28-16-18-10-6-3-7-11-18/h2-13,23-24H,14-16H2,1H3. The summed E-state index contributed by atoms with van der Waals surface area (Å²) in [4.78, 5) is 0. The van der Waals surface area contributed by atoms with Crippen molar-refractivity contribution >= 4 is 12.9 Å². The number of phenols is 1. The van der Waals surface area contributed by atoms with Crippen LogP contribution in [0, 0.1) is 0 Å². The molecule has 7 heteroatoms. The lowest BCUT2D eigenvalue weighted by atomic mass is 10.2. The average molecular weight is 414 g/mol. The van der Waals surface area contributed by atoms with E-state index in [9.17, 15) is 14.8 Å².